The van der Waals surface area contributed by atoms with Gasteiger partial charge in [0.15, 0.2) is 0 Å². The summed E-state index contributed by atoms with van der Waals surface area (Å²) < 4.78 is 38.2. The van der Waals surface area contributed by atoms with E-state index in [0.717, 1.165) is 6.07 Å². The van der Waals surface area contributed by atoms with Crippen LogP contribution in [0.4, 0.5) is 13.2 Å². The van der Waals surface area contributed by atoms with E-state index in [1.54, 1.807) is 6.07 Å². The molecular formula is C13H16F3NO2S. The second kappa shape index (κ2) is 7.54. The first-order chi connectivity index (χ1) is 9.32. The summed E-state index contributed by atoms with van der Waals surface area (Å²) in [5.41, 5.74) is 4.98. The van der Waals surface area contributed by atoms with Gasteiger partial charge in [0, 0.05) is 0 Å². The number of aryl methyl sites for hydroxylation is 1. The predicted octanol–water partition coefficient (Wildman–Crippen LogP) is 2.78. The maximum atomic E-state index is 12.7. The minimum atomic E-state index is -4.34. The van der Waals surface area contributed by atoms with Gasteiger partial charge in [-0.1, -0.05) is 18.2 Å². The molecule has 0 amide bonds. The van der Waals surface area contributed by atoms with Crippen LogP contribution < -0.4 is 5.73 Å². The zero-order valence-electron chi connectivity index (χ0n) is 10.7. The summed E-state index contributed by atoms with van der Waals surface area (Å²) in [6.45, 7) is 0. The highest BCUT2D eigenvalue weighted by Crippen LogP contribution is 2.32. The number of carboxylic acids is 1. The molecule has 3 N–H and O–H groups in total. The van der Waals surface area contributed by atoms with Crippen molar-refractivity contribution in [3.8, 4) is 0 Å². The molecule has 0 aromatic heterocycles. The lowest BCUT2D eigenvalue weighted by molar-refractivity contribution is -0.139. The molecule has 0 spiro atoms. The van der Waals surface area contributed by atoms with Crippen molar-refractivity contribution in [3.05, 3.63) is 35.4 Å². The molecule has 0 aliphatic carbocycles. The van der Waals surface area contributed by atoms with E-state index < -0.39 is 23.8 Å². The number of hydrogen-bond donors (Lipinski definition) is 2. The first-order valence-electron chi connectivity index (χ1n) is 6.03. The maximum Gasteiger partial charge on any atom is 0.416 e. The first-order valence-corrected chi connectivity index (χ1v) is 7.19. The van der Waals surface area contributed by atoms with Gasteiger partial charge in [-0.3, -0.25) is 4.79 Å². The quantitative estimate of drug-likeness (QED) is 0.760. The number of aliphatic carboxylic acids is 1. The molecule has 1 aromatic carbocycles. The molecule has 0 bridgehead atoms. The van der Waals surface area contributed by atoms with Crippen molar-refractivity contribution in [2.24, 2.45) is 5.73 Å². The molecule has 0 aliphatic rings. The number of halogens is 3. The van der Waals surface area contributed by atoms with Crippen molar-refractivity contribution in [1.82, 2.24) is 0 Å². The van der Waals surface area contributed by atoms with Crippen LogP contribution in [0.3, 0.4) is 0 Å². The van der Waals surface area contributed by atoms with Crippen LogP contribution >= 0.6 is 11.8 Å². The number of rotatable bonds is 7. The summed E-state index contributed by atoms with van der Waals surface area (Å²) in [6, 6.07) is 4.57. The summed E-state index contributed by atoms with van der Waals surface area (Å²) in [7, 11) is 0. The van der Waals surface area contributed by atoms with Crippen LogP contribution in [0.15, 0.2) is 24.3 Å². The number of hydrogen-bond acceptors (Lipinski definition) is 3. The van der Waals surface area contributed by atoms with Crippen LogP contribution in [-0.2, 0) is 17.4 Å². The van der Waals surface area contributed by atoms with Crippen molar-refractivity contribution in [2.45, 2.75) is 25.1 Å². The predicted molar refractivity (Wildman–Crippen MR) is 72.7 cm³/mol. The zero-order chi connectivity index (χ0) is 15.2. The summed E-state index contributed by atoms with van der Waals surface area (Å²) in [6.07, 6.45) is -3.74. The number of benzene rings is 1. The molecule has 0 saturated carbocycles. The monoisotopic (exact) mass is 307 g/mol. The Labute approximate surface area is 119 Å². The Balaban J connectivity index is 2.42. The molecule has 0 aliphatic heterocycles. The molecule has 0 saturated heterocycles. The van der Waals surface area contributed by atoms with Gasteiger partial charge in [0.2, 0.25) is 0 Å². The molecule has 1 atom stereocenters. The fourth-order valence-electron chi connectivity index (χ4n) is 1.63. The van der Waals surface area contributed by atoms with Crippen molar-refractivity contribution in [2.75, 3.05) is 11.5 Å². The molecule has 112 valence electrons. The highest BCUT2D eigenvalue weighted by Gasteiger charge is 2.32. The van der Waals surface area contributed by atoms with E-state index in [2.05, 4.69) is 0 Å². The third-order valence-corrected chi connectivity index (χ3v) is 3.75. The highest BCUT2D eigenvalue weighted by atomic mass is 32.2. The van der Waals surface area contributed by atoms with Crippen LogP contribution in [0.25, 0.3) is 0 Å². The smallest absolute Gasteiger partial charge is 0.416 e. The lowest BCUT2D eigenvalue weighted by atomic mass is 10.1. The van der Waals surface area contributed by atoms with Gasteiger partial charge in [-0.05, 0) is 36.0 Å². The number of nitrogens with two attached hydrogens (primary N) is 1. The van der Waals surface area contributed by atoms with Gasteiger partial charge in [-0.25, -0.2) is 0 Å². The van der Waals surface area contributed by atoms with Crippen molar-refractivity contribution < 1.29 is 23.1 Å². The van der Waals surface area contributed by atoms with E-state index in [-0.39, 0.29) is 5.56 Å². The van der Waals surface area contributed by atoms with Crippen LogP contribution in [0.2, 0.25) is 0 Å². The molecule has 20 heavy (non-hydrogen) atoms. The number of thioether (sulfide) groups is 1. The van der Waals surface area contributed by atoms with E-state index >= 15 is 0 Å². The van der Waals surface area contributed by atoms with Gasteiger partial charge in [0.05, 0.1) is 5.56 Å². The van der Waals surface area contributed by atoms with E-state index in [0.29, 0.717) is 24.3 Å². The summed E-state index contributed by atoms with van der Waals surface area (Å²) in [4.78, 5) is 10.5. The van der Waals surface area contributed by atoms with Crippen LogP contribution in [-0.4, -0.2) is 28.6 Å². The Morgan fingerprint density at radius 2 is 1.95 bits per heavy atom. The minimum absolute atomic E-state index is 0.259. The number of carboxylic acid groups (broad SMARTS) is 1. The molecule has 1 rings (SSSR count). The van der Waals surface area contributed by atoms with Gasteiger partial charge in [-0.15, -0.1) is 0 Å². The lowest BCUT2D eigenvalue weighted by Crippen LogP contribution is -2.30. The number of alkyl halides is 3. The van der Waals surface area contributed by atoms with Crippen LogP contribution in [0.1, 0.15) is 17.5 Å². The molecule has 1 aromatic rings. The van der Waals surface area contributed by atoms with E-state index in [1.807, 2.05) is 0 Å². The van der Waals surface area contributed by atoms with E-state index in [1.165, 1.54) is 23.9 Å². The SMILES string of the molecule is NC(CCSCCc1ccccc1C(F)(F)F)C(=O)O. The largest absolute Gasteiger partial charge is 0.480 e. The minimum Gasteiger partial charge on any atom is -0.480 e. The van der Waals surface area contributed by atoms with Gasteiger partial charge in [0.1, 0.15) is 6.04 Å². The normalized spacial score (nSPS) is 13.2. The van der Waals surface area contributed by atoms with Crippen LogP contribution in [0, 0.1) is 0 Å². The summed E-state index contributed by atoms with van der Waals surface area (Å²) in [5, 5.41) is 8.58. The van der Waals surface area contributed by atoms with Gasteiger partial charge in [-0.2, -0.15) is 24.9 Å². The third-order valence-electron chi connectivity index (χ3n) is 2.73. The van der Waals surface area contributed by atoms with Crippen molar-refractivity contribution >= 4 is 17.7 Å². The third kappa shape index (κ3) is 5.42. The standard InChI is InChI=1S/C13H16F3NO2S/c14-13(15,16)10-4-2-1-3-9(10)5-7-20-8-6-11(17)12(18)19/h1-4,11H,5-8,17H2,(H,18,19). The number of carbonyl (C=O) groups is 1. The average Bonchev–Trinajstić information content (AvgIpc) is 2.37. The van der Waals surface area contributed by atoms with Crippen LogP contribution in [0.5, 0.6) is 0 Å². The first kappa shape index (κ1) is 16.8. The van der Waals surface area contributed by atoms with E-state index in [4.69, 9.17) is 10.8 Å². The van der Waals surface area contributed by atoms with Crippen molar-refractivity contribution in [1.29, 1.82) is 0 Å². The molecule has 0 heterocycles. The molecule has 0 radical (unpaired) electrons. The molecule has 7 heteroatoms. The van der Waals surface area contributed by atoms with Gasteiger partial charge < -0.3 is 10.8 Å². The lowest BCUT2D eigenvalue weighted by Gasteiger charge is -2.12. The molecule has 3 nitrogen and oxygen atoms in total. The molecular weight excluding hydrogens is 291 g/mol. The summed E-state index contributed by atoms with van der Waals surface area (Å²) >= 11 is 1.40. The van der Waals surface area contributed by atoms with Crippen molar-refractivity contribution in [3.63, 3.8) is 0 Å². The van der Waals surface area contributed by atoms with Gasteiger partial charge in [0.25, 0.3) is 0 Å². The molecule has 1 unspecified atom stereocenters. The fraction of sp³-hybridized carbons (Fsp3) is 0.462. The topological polar surface area (TPSA) is 63.3 Å². The Morgan fingerprint density at radius 1 is 1.30 bits per heavy atom. The fourth-order valence-corrected chi connectivity index (χ4v) is 2.62. The Morgan fingerprint density at radius 3 is 2.55 bits per heavy atom. The summed E-state index contributed by atoms with van der Waals surface area (Å²) in [5.74, 6) is -0.0471. The van der Waals surface area contributed by atoms with E-state index in [9.17, 15) is 18.0 Å². The maximum absolute atomic E-state index is 12.7. The highest BCUT2D eigenvalue weighted by molar-refractivity contribution is 7.99. The Hall–Kier alpha value is -1.21. The second-order valence-corrected chi connectivity index (χ2v) is 5.48. The van der Waals surface area contributed by atoms with Gasteiger partial charge >= 0.3 is 12.1 Å². The second-order valence-electron chi connectivity index (χ2n) is 4.25. The zero-order valence-corrected chi connectivity index (χ0v) is 11.5. The molecule has 0 fully saturated rings. The Kier molecular flexibility index (Phi) is 6.35. The Bertz CT molecular complexity index is 451. The average molecular weight is 307 g/mol.